The highest BCUT2D eigenvalue weighted by Gasteiger charge is 2.20. The third-order valence-corrected chi connectivity index (χ3v) is 12.5. The molecule has 4 atom stereocenters. The van der Waals surface area contributed by atoms with Crippen molar-refractivity contribution in [2.45, 2.75) is 159 Å². The molecular weight excluding hydrogens is 731 g/mol. The van der Waals surface area contributed by atoms with Crippen LogP contribution in [0.2, 0.25) is 0 Å². The molecule has 0 aromatic heterocycles. The van der Waals surface area contributed by atoms with Crippen LogP contribution in [0.5, 0.6) is 0 Å². The van der Waals surface area contributed by atoms with E-state index in [1.807, 2.05) is 0 Å². The van der Waals surface area contributed by atoms with E-state index in [1.165, 1.54) is 130 Å². The summed E-state index contributed by atoms with van der Waals surface area (Å²) < 4.78 is 0. The molecule has 5 heterocycles. The summed E-state index contributed by atoms with van der Waals surface area (Å²) in [6.45, 7) is 39.5. The topological polar surface area (TPSA) is 16.2 Å². The maximum atomic E-state index is 2.59. The molecule has 0 aromatic carbocycles. The average Bonchev–Trinajstić information content (AvgIpc) is 3.86. The molecule has 0 amide bonds. The van der Waals surface area contributed by atoms with E-state index in [0.29, 0.717) is 29.6 Å². The quantitative estimate of drug-likeness (QED) is 0.182. The van der Waals surface area contributed by atoms with Gasteiger partial charge in [0.2, 0.25) is 0 Å². The van der Waals surface area contributed by atoms with Crippen LogP contribution in [0.25, 0.3) is 0 Å². The summed E-state index contributed by atoms with van der Waals surface area (Å²) in [5.41, 5.74) is 0. The number of piperidine rings is 3. The molecule has 0 spiro atoms. The van der Waals surface area contributed by atoms with Gasteiger partial charge in [0.1, 0.15) is 0 Å². The number of nitrogens with zero attached hydrogens (tertiary/aromatic N) is 5. The molecule has 0 N–H and O–H groups in total. The predicted octanol–water partition coefficient (Wildman–Crippen LogP) is 13.0. The Bertz CT molecular complexity index is 1160. The van der Waals surface area contributed by atoms with Crippen LogP contribution in [-0.4, -0.2) is 123 Å². The zero-order chi connectivity index (χ0) is 44.9. The van der Waals surface area contributed by atoms with E-state index in [1.54, 1.807) is 0 Å². The molecule has 5 saturated heterocycles. The van der Waals surface area contributed by atoms with Crippen molar-refractivity contribution in [2.24, 2.45) is 47.3 Å². The lowest BCUT2D eigenvalue weighted by Crippen LogP contribution is -2.37. The van der Waals surface area contributed by atoms with Crippen molar-refractivity contribution in [3.63, 3.8) is 0 Å². The van der Waals surface area contributed by atoms with Gasteiger partial charge in [0.05, 0.1) is 0 Å². The lowest BCUT2D eigenvalue weighted by atomic mass is 9.95. The summed E-state index contributed by atoms with van der Waals surface area (Å²) in [6, 6.07) is 1.46. The zero-order valence-corrected chi connectivity index (χ0v) is 42.9. The zero-order valence-electron chi connectivity index (χ0n) is 42.9. The molecule has 0 aromatic rings. The highest BCUT2D eigenvalue weighted by atomic mass is 15.2. The molecule has 5 aliphatic heterocycles. The molecule has 5 nitrogen and oxygen atoms in total. The number of hydrogen-bond donors (Lipinski definition) is 0. The Kier molecular flexibility index (Phi) is 32.0. The highest BCUT2D eigenvalue weighted by Crippen LogP contribution is 2.21. The minimum atomic E-state index is 0.695. The first-order chi connectivity index (χ1) is 28.5. The lowest BCUT2D eigenvalue weighted by Gasteiger charge is -2.33. The van der Waals surface area contributed by atoms with Crippen molar-refractivity contribution in [1.29, 1.82) is 0 Å². The van der Waals surface area contributed by atoms with Gasteiger partial charge in [-0.05, 0) is 179 Å². The minimum absolute atomic E-state index is 0.695. The molecule has 5 heteroatoms. The average molecular weight is 836 g/mol. The molecule has 5 aliphatic rings. The molecule has 0 aliphatic carbocycles. The molecule has 60 heavy (non-hydrogen) atoms. The van der Waals surface area contributed by atoms with Gasteiger partial charge in [-0.3, -0.25) is 9.80 Å². The first kappa shape index (κ1) is 56.5. The fraction of sp³-hybridized carbons (Fsp3) is 0.818. The van der Waals surface area contributed by atoms with Gasteiger partial charge in [-0.2, -0.15) is 0 Å². The van der Waals surface area contributed by atoms with Crippen LogP contribution in [0.1, 0.15) is 147 Å². The van der Waals surface area contributed by atoms with Crippen LogP contribution in [-0.2, 0) is 0 Å². The Labute approximate surface area is 377 Å². The molecule has 5 rings (SSSR count). The fourth-order valence-corrected chi connectivity index (χ4v) is 8.64. The van der Waals surface area contributed by atoms with Crippen LogP contribution in [0.3, 0.4) is 0 Å². The van der Waals surface area contributed by atoms with Gasteiger partial charge in [-0.15, -0.1) is 0 Å². The third-order valence-electron chi connectivity index (χ3n) is 12.5. The molecule has 350 valence electrons. The smallest absolute Gasteiger partial charge is 0.0278 e. The van der Waals surface area contributed by atoms with Gasteiger partial charge in [-0.1, -0.05) is 150 Å². The van der Waals surface area contributed by atoms with Gasteiger partial charge >= 0.3 is 0 Å². The van der Waals surface area contributed by atoms with Crippen molar-refractivity contribution in [1.82, 2.24) is 24.5 Å². The van der Waals surface area contributed by atoms with Crippen molar-refractivity contribution >= 4 is 0 Å². The number of likely N-dealkylation sites (tertiary alicyclic amines) is 5. The standard InChI is InChI=1S/C12H23N.3C11H21N.C10H19N/c1-4-13-10-6-5-7-12(13)9-8-11(2)3;1-10(2)4-5-11-6-8-12(3)9-7-11;1-10(2)6-7-11-5-4-8-12(3)9-11;1-4-12-9-5-6-11(12)8-7-10(2)3;1-9(2)4-5-10-6-7-11(3)8-10/h8-9,11-12H,4-7,10H2,1-3H3;4-5,10-11H,6-9H2,1-3H3;6-7,10-11H,4-5,8-9H2,1-3H3;7-8,10-11H,4-6,9H2,1-3H3;4-5,9-10H,6-8H2,1-3H3/b9-8+;5-4+;7-6+;8-7+;5-4+. The van der Waals surface area contributed by atoms with E-state index < -0.39 is 0 Å². The second-order valence-electron chi connectivity index (χ2n) is 20.8. The SMILES string of the molecule is CC(C)/C=C/C1CCCN(C)C1.CC(C)/C=C/C1CCN(C)C1.CC(C)/C=C/C1CCN(C)CC1.CCN1CCCC1/C=C/C(C)C.CCN1CCCCC1/C=C/C(C)C. The van der Waals surface area contributed by atoms with Gasteiger partial charge in [0.25, 0.3) is 0 Å². The van der Waals surface area contributed by atoms with Crippen LogP contribution in [0.15, 0.2) is 60.8 Å². The second-order valence-corrected chi connectivity index (χ2v) is 20.8. The van der Waals surface area contributed by atoms with E-state index in [4.69, 9.17) is 0 Å². The van der Waals surface area contributed by atoms with Crippen LogP contribution in [0.4, 0.5) is 0 Å². The third kappa shape index (κ3) is 29.0. The Balaban J connectivity index is 0.000000375. The summed E-state index contributed by atoms with van der Waals surface area (Å²) in [5.74, 6) is 6.00. The summed E-state index contributed by atoms with van der Waals surface area (Å²) in [4.78, 5) is 12.4. The monoisotopic (exact) mass is 836 g/mol. The van der Waals surface area contributed by atoms with Gasteiger partial charge in [-0.25, -0.2) is 0 Å². The molecular formula is C55H105N5. The van der Waals surface area contributed by atoms with Crippen molar-refractivity contribution < 1.29 is 0 Å². The molecule has 0 radical (unpaired) electrons. The Morgan fingerprint density at radius 1 is 0.367 bits per heavy atom. The summed E-state index contributed by atoms with van der Waals surface area (Å²) in [6.07, 6.45) is 37.4. The van der Waals surface area contributed by atoms with Crippen molar-refractivity contribution in [3.8, 4) is 0 Å². The van der Waals surface area contributed by atoms with Crippen molar-refractivity contribution in [3.05, 3.63) is 60.8 Å². The van der Waals surface area contributed by atoms with E-state index >= 15 is 0 Å². The highest BCUT2D eigenvalue weighted by molar-refractivity contribution is 4.99. The summed E-state index contributed by atoms with van der Waals surface area (Å²) in [5, 5.41) is 0. The number of hydrogen-bond acceptors (Lipinski definition) is 5. The molecule has 4 unspecified atom stereocenters. The number of rotatable bonds is 12. The van der Waals surface area contributed by atoms with Crippen molar-refractivity contribution in [2.75, 3.05) is 86.6 Å². The summed E-state index contributed by atoms with van der Waals surface area (Å²) >= 11 is 0. The normalized spacial score (nSPS) is 25.9. The Morgan fingerprint density at radius 2 is 0.717 bits per heavy atom. The predicted molar refractivity (Wildman–Crippen MR) is 271 cm³/mol. The summed E-state index contributed by atoms with van der Waals surface area (Å²) in [7, 11) is 6.63. The second kappa shape index (κ2) is 34.0. The molecule has 0 saturated carbocycles. The Hall–Kier alpha value is -1.50. The number of likely N-dealkylation sites (N-methyl/N-ethyl adjacent to an activating group) is 2. The van der Waals surface area contributed by atoms with Gasteiger partial charge < -0.3 is 14.7 Å². The van der Waals surface area contributed by atoms with E-state index in [-0.39, 0.29) is 0 Å². The van der Waals surface area contributed by atoms with Gasteiger partial charge in [0, 0.05) is 25.2 Å². The Morgan fingerprint density at radius 3 is 1.15 bits per heavy atom. The first-order valence-electron chi connectivity index (χ1n) is 25.5. The maximum absolute atomic E-state index is 2.59. The lowest BCUT2D eigenvalue weighted by molar-refractivity contribution is 0.189. The molecule has 5 fully saturated rings. The van der Waals surface area contributed by atoms with E-state index in [0.717, 1.165) is 29.8 Å². The fourth-order valence-electron chi connectivity index (χ4n) is 8.64. The molecule has 0 bridgehead atoms. The minimum Gasteiger partial charge on any atom is -0.306 e. The largest absolute Gasteiger partial charge is 0.306 e. The first-order valence-corrected chi connectivity index (χ1v) is 25.5. The van der Waals surface area contributed by atoms with E-state index in [9.17, 15) is 0 Å². The van der Waals surface area contributed by atoms with Crippen LogP contribution < -0.4 is 0 Å². The van der Waals surface area contributed by atoms with E-state index in [2.05, 4.69) is 189 Å². The van der Waals surface area contributed by atoms with Crippen LogP contribution in [0, 0.1) is 47.3 Å². The van der Waals surface area contributed by atoms with Crippen LogP contribution >= 0.6 is 0 Å². The van der Waals surface area contributed by atoms with Gasteiger partial charge in [0.15, 0.2) is 0 Å². The number of allylic oxidation sites excluding steroid dienone is 6. The maximum Gasteiger partial charge on any atom is 0.0278 e.